The molecular formula is C11H14ClN3O. The van der Waals surface area contributed by atoms with Gasteiger partial charge in [-0.1, -0.05) is 18.0 Å². The number of carbonyl (C=O) groups is 1. The SMILES string of the molecule is O=C1CCCCCN1Cc1ccc(Cl)nn1. The van der Waals surface area contributed by atoms with E-state index in [1.807, 2.05) is 11.0 Å². The first-order chi connectivity index (χ1) is 7.75. The van der Waals surface area contributed by atoms with E-state index in [-0.39, 0.29) is 5.91 Å². The van der Waals surface area contributed by atoms with Crippen molar-refractivity contribution in [1.82, 2.24) is 15.1 Å². The van der Waals surface area contributed by atoms with Gasteiger partial charge in [-0.3, -0.25) is 4.79 Å². The summed E-state index contributed by atoms with van der Waals surface area (Å²) >= 11 is 5.66. The van der Waals surface area contributed by atoms with Crippen LogP contribution in [-0.4, -0.2) is 27.5 Å². The Morgan fingerprint density at radius 3 is 2.88 bits per heavy atom. The van der Waals surface area contributed by atoms with Crippen LogP contribution in [0, 0.1) is 0 Å². The molecule has 1 aromatic heterocycles. The number of carbonyl (C=O) groups excluding carboxylic acids is 1. The standard InChI is InChI=1S/C11H14ClN3O/c12-10-6-5-9(13-14-10)8-15-7-3-1-2-4-11(15)16/h5-6H,1-4,7-8H2. The van der Waals surface area contributed by atoms with Crippen molar-refractivity contribution >= 4 is 17.5 Å². The van der Waals surface area contributed by atoms with E-state index in [4.69, 9.17) is 11.6 Å². The fraction of sp³-hybridized carbons (Fsp3) is 0.545. The zero-order chi connectivity index (χ0) is 11.4. The third-order valence-electron chi connectivity index (χ3n) is 2.71. The minimum atomic E-state index is 0.217. The number of halogens is 1. The predicted octanol–water partition coefficient (Wildman–Crippen LogP) is 2.03. The van der Waals surface area contributed by atoms with Gasteiger partial charge in [0, 0.05) is 13.0 Å². The van der Waals surface area contributed by atoms with Gasteiger partial charge in [-0.05, 0) is 25.0 Å². The van der Waals surface area contributed by atoms with E-state index in [0.29, 0.717) is 18.1 Å². The summed E-state index contributed by atoms with van der Waals surface area (Å²) in [5, 5.41) is 8.11. The van der Waals surface area contributed by atoms with Gasteiger partial charge >= 0.3 is 0 Å². The van der Waals surface area contributed by atoms with Crippen molar-refractivity contribution in [2.75, 3.05) is 6.54 Å². The highest BCUT2D eigenvalue weighted by atomic mass is 35.5. The second kappa shape index (κ2) is 5.25. The fourth-order valence-electron chi connectivity index (χ4n) is 1.83. The number of amides is 1. The zero-order valence-electron chi connectivity index (χ0n) is 9.03. The Kier molecular flexibility index (Phi) is 3.72. The first-order valence-electron chi connectivity index (χ1n) is 5.51. The van der Waals surface area contributed by atoms with Crippen LogP contribution in [0.4, 0.5) is 0 Å². The summed E-state index contributed by atoms with van der Waals surface area (Å²) < 4.78 is 0. The Balaban J connectivity index is 2.02. The zero-order valence-corrected chi connectivity index (χ0v) is 9.78. The van der Waals surface area contributed by atoms with Gasteiger partial charge in [-0.2, -0.15) is 5.10 Å². The molecule has 86 valence electrons. The van der Waals surface area contributed by atoms with Crippen molar-refractivity contribution in [3.8, 4) is 0 Å². The molecule has 1 saturated heterocycles. The summed E-state index contributed by atoms with van der Waals surface area (Å²) in [5.41, 5.74) is 0.791. The number of nitrogens with zero attached hydrogens (tertiary/aromatic N) is 3. The molecule has 0 spiro atoms. The predicted molar refractivity (Wildman–Crippen MR) is 60.9 cm³/mol. The van der Waals surface area contributed by atoms with Crippen molar-refractivity contribution in [2.24, 2.45) is 0 Å². The van der Waals surface area contributed by atoms with Crippen molar-refractivity contribution in [3.05, 3.63) is 23.0 Å². The Bertz CT molecular complexity index is 366. The van der Waals surface area contributed by atoms with Crippen molar-refractivity contribution in [3.63, 3.8) is 0 Å². The van der Waals surface area contributed by atoms with Crippen LogP contribution in [0.1, 0.15) is 31.4 Å². The average molecular weight is 240 g/mol. The van der Waals surface area contributed by atoms with Crippen molar-refractivity contribution < 1.29 is 4.79 Å². The molecule has 0 radical (unpaired) electrons. The van der Waals surface area contributed by atoms with Crippen LogP contribution in [0.5, 0.6) is 0 Å². The second-order valence-corrected chi connectivity index (χ2v) is 4.36. The van der Waals surface area contributed by atoms with E-state index in [0.717, 1.165) is 31.5 Å². The molecule has 0 unspecified atom stereocenters. The van der Waals surface area contributed by atoms with Crippen molar-refractivity contribution in [2.45, 2.75) is 32.2 Å². The topological polar surface area (TPSA) is 46.1 Å². The lowest BCUT2D eigenvalue weighted by atomic mass is 10.2. The highest BCUT2D eigenvalue weighted by Gasteiger charge is 2.17. The number of hydrogen-bond acceptors (Lipinski definition) is 3. The molecule has 0 aromatic carbocycles. The lowest BCUT2D eigenvalue weighted by Gasteiger charge is -2.19. The molecule has 0 aliphatic carbocycles. The maximum Gasteiger partial charge on any atom is 0.222 e. The first-order valence-corrected chi connectivity index (χ1v) is 5.89. The largest absolute Gasteiger partial charge is 0.337 e. The van der Waals surface area contributed by atoms with E-state index < -0.39 is 0 Å². The number of aromatic nitrogens is 2. The molecule has 1 aliphatic rings. The lowest BCUT2D eigenvalue weighted by Crippen LogP contribution is -2.30. The van der Waals surface area contributed by atoms with E-state index >= 15 is 0 Å². The summed E-state index contributed by atoms with van der Waals surface area (Å²) in [4.78, 5) is 13.6. The van der Waals surface area contributed by atoms with Crippen LogP contribution in [-0.2, 0) is 11.3 Å². The molecule has 2 rings (SSSR count). The van der Waals surface area contributed by atoms with Crippen LogP contribution in [0.25, 0.3) is 0 Å². The lowest BCUT2D eigenvalue weighted by molar-refractivity contribution is -0.131. The molecule has 0 atom stereocenters. The summed E-state index contributed by atoms with van der Waals surface area (Å²) in [5.74, 6) is 0.217. The molecule has 16 heavy (non-hydrogen) atoms. The van der Waals surface area contributed by atoms with Gasteiger partial charge in [0.15, 0.2) is 5.15 Å². The Morgan fingerprint density at radius 1 is 1.25 bits per heavy atom. The van der Waals surface area contributed by atoms with Gasteiger partial charge in [-0.25, -0.2) is 0 Å². The van der Waals surface area contributed by atoms with Crippen LogP contribution >= 0.6 is 11.6 Å². The Hall–Kier alpha value is -1.16. The van der Waals surface area contributed by atoms with E-state index in [1.54, 1.807) is 6.07 Å². The quantitative estimate of drug-likeness (QED) is 0.793. The van der Waals surface area contributed by atoms with Crippen LogP contribution in [0.3, 0.4) is 0 Å². The van der Waals surface area contributed by atoms with E-state index in [1.165, 1.54) is 0 Å². The molecule has 0 saturated carbocycles. The summed E-state index contributed by atoms with van der Waals surface area (Å²) in [6, 6.07) is 3.51. The third-order valence-corrected chi connectivity index (χ3v) is 2.91. The highest BCUT2D eigenvalue weighted by molar-refractivity contribution is 6.29. The third kappa shape index (κ3) is 2.92. The molecule has 0 N–H and O–H groups in total. The summed E-state index contributed by atoms with van der Waals surface area (Å²) in [6.07, 6.45) is 3.87. The van der Waals surface area contributed by atoms with Gasteiger partial charge in [-0.15, -0.1) is 5.10 Å². The molecule has 1 aliphatic heterocycles. The van der Waals surface area contributed by atoms with Gasteiger partial charge in [0.05, 0.1) is 12.2 Å². The normalized spacial score (nSPS) is 17.3. The van der Waals surface area contributed by atoms with Gasteiger partial charge in [0.25, 0.3) is 0 Å². The maximum atomic E-state index is 11.7. The minimum Gasteiger partial charge on any atom is -0.337 e. The van der Waals surface area contributed by atoms with Crippen LogP contribution in [0.15, 0.2) is 12.1 Å². The number of rotatable bonds is 2. The second-order valence-electron chi connectivity index (χ2n) is 3.97. The molecule has 1 fully saturated rings. The Morgan fingerprint density at radius 2 is 2.12 bits per heavy atom. The molecule has 2 heterocycles. The molecule has 1 amide bonds. The fourth-order valence-corrected chi connectivity index (χ4v) is 1.93. The number of likely N-dealkylation sites (tertiary alicyclic amines) is 1. The number of hydrogen-bond donors (Lipinski definition) is 0. The van der Waals surface area contributed by atoms with Gasteiger partial charge < -0.3 is 4.90 Å². The molecule has 4 nitrogen and oxygen atoms in total. The highest BCUT2D eigenvalue weighted by Crippen LogP contribution is 2.13. The average Bonchev–Trinajstić information content (AvgIpc) is 2.48. The maximum absolute atomic E-state index is 11.7. The minimum absolute atomic E-state index is 0.217. The Labute approximate surface area is 99.6 Å². The summed E-state index contributed by atoms with van der Waals surface area (Å²) in [7, 11) is 0. The van der Waals surface area contributed by atoms with Crippen LogP contribution in [0.2, 0.25) is 5.15 Å². The smallest absolute Gasteiger partial charge is 0.222 e. The van der Waals surface area contributed by atoms with Crippen LogP contribution < -0.4 is 0 Å². The monoisotopic (exact) mass is 239 g/mol. The van der Waals surface area contributed by atoms with Gasteiger partial charge in [0.2, 0.25) is 5.91 Å². The molecular weight excluding hydrogens is 226 g/mol. The summed E-state index contributed by atoms with van der Waals surface area (Å²) in [6.45, 7) is 1.37. The molecule has 0 bridgehead atoms. The molecule has 1 aromatic rings. The first kappa shape index (κ1) is 11.3. The van der Waals surface area contributed by atoms with Crippen molar-refractivity contribution in [1.29, 1.82) is 0 Å². The van der Waals surface area contributed by atoms with Gasteiger partial charge in [0.1, 0.15) is 0 Å². The van der Waals surface area contributed by atoms with E-state index in [2.05, 4.69) is 10.2 Å². The molecule has 5 heteroatoms. The van der Waals surface area contributed by atoms with E-state index in [9.17, 15) is 4.79 Å².